The van der Waals surface area contributed by atoms with Gasteiger partial charge in [0, 0.05) is 20.1 Å². The summed E-state index contributed by atoms with van der Waals surface area (Å²) in [6.07, 6.45) is 2.21. The summed E-state index contributed by atoms with van der Waals surface area (Å²) < 4.78 is 20.1. The van der Waals surface area contributed by atoms with Gasteiger partial charge in [-0.25, -0.2) is 14.0 Å². The van der Waals surface area contributed by atoms with Crippen LogP contribution in [-0.2, 0) is 4.74 Å². The zero-order valence-corrected chi connectivity index (χ0v) is 16.4. The first-order valence-corrected chi connectivity index (χ1v) is 9.45. The Hall–Kier alpha value is -2.86. The van der Waals surface area contributed by atoms with E-state index in [-0.39, 0.29) is 11.9 Å². The summed E-state index contributed by atoms with van der Waals surface area (Å²) in [6, 6.07) is 4.80. The van der Waals surface area contributed by atoms with Crippen molar-refractivity contribution < 1.29 is 13.9 Å². The summed E-state index contributed by atoms with van der Waals surface area (Å²) in [7, 11) is 1.71. The fourth-order valence-electron chi connectivity index (χ4n) is 3.31. The second-order valence-corrected chi connectivity index (χ2v) is 7.02. The molecule has 2 fully saturated rings. The number of cyclic esters (lactones) is 1. The number of nitrogens with one attached hydrogen (secondary N) is 2. The average molecular weight is 403 g/mol. The van der Waals surface area contributed by atoms with Crippen LogP contribution in [0.4, 0.5) is 20.6 Å². The Kier molecular flexibility index (Phi) is 6.31. The van der Waals surface area contributed by atoms with Crippen LogP contribution in [0.5, 0.6) is 0 Å². The summed E-state index contributed by atoms with van der Waals surface area (Å²) in [6.45, 7) is 8.95. The summed E-state index contributed by atoms with van der Waals surface area (Å²) >= 11 is 5.01. The van der Waals surface area contributed by atoms with E-state index in [4.69, 9.17) is 23.5 Å². The number of hydrogen-bond acceptors (Lipinski definition) is 4. The van der Waals surface area contributed by atoms with Crippen LogP contribution in [-0.4, -0.2) is 50.5 Å². The predicted octanol–water partition coefficient (Wildman–Crippen LogP) is 2.65. The van der Waals surface area contributed by atoms with Gasteiger partial charge in [0.15, 0.2) is 11.3 Å². The van der Waals surface area contributed by atoms with Crippen molar-refractivity contribution in [3.63, 3.8) is 0 Å². The van der Waals surface area contributed by atoms with Gasteiger partial charge in [-0.05, 0) is 43.3 Å². The van der Waals surface area contributed by atoms with E-state index in [1.165, 1.54) is 11.0 Å². The topological polar surface area (TPSA) is 61.2 Å². The molecule has 3 rings (SSSR count). The number of hydrogen-bond donors (Lipinski definition) is 2. The molecule has 1 atom stereocenters. The lowest BCUT2D eigenvalue weighted by atomic mass is 10.0. The molecule has 1 aromatic rings. The zero-order chi connectivity index (χ0) is 20.1. The smallest absolute Gasteiger partial charge is 0.414 e. The molecule has 2 heterocycles. The summed E-state index contributed by atoms with van der Waals surface area (Å²) in [5.41, 5.74) is 2.08. The first-order chi connectivity index (χ1) is 13.5. The van der Waals surface area contributed by atoms with Crippen molar-refractivity contribution in [3.05, 3.63) is 47.2 Å². The lowest BCUT2D eigenvalue weighted by Crippen LogP contribution is -2.39. The highest BCUT2D eigenvalue weighted by atomic mass is 32.1. The summed E-state index contributed by atoms with van der Waals surface area (Å²) in [5, 5.41) is 6.22. The third kappa shape index (κ3) is 4.51. The Labute approximate surface area is 168 Å². The second kappa shape index (κ2) is 8.89. The molecule has 9 heteroatoms. The van der Waals surface area contributed by atoms with Crippen molar-refractivity contribution in [1.82, 2.24) is 10.6 Å². The molecule has 0 unspecified atom stereocenters. The van der Waals surface area contributed by atoms with E-state index in [0.29, 0.717) is 42.7 Å². The molecular formula is C19H22FN5O2S. The molecule has 2 aliphatic rings. The fraction of sp³-hybridized carbons (Fsp3) is 0.421. The molecule has 1 amide bonds. The number of carbonyl (C=O) groups is 1. The van der Waals surface area contributed by atoms with Crippen LogP contribution in [0.1, 0.15) is 12.8 Å². The highest BCUT2D eigenvalue weighted by Gasteiger charge is 2.33. The molecule has 7 nitrogen and oxygen atoms in total. The number of piperidine rings is 1. The molecule has 28 heavy (non-hydrogen) atoms. The molecule has 0 saturated carbocycles. The van der Waals surface area contributed by atoms with Gasteiger partial charge in [0.1, 0.15) is 11.9 Å². The Bertz CT molecular complexity index is 828. The standard InChI is InChI=1S/C19H22FN5O2S/c1-21-10-13-5-7-24(8-6-13)17-4-3-14(9-16(17)20)25-12-15(27-19(25)26)11-23-18(28)22-2/h3-4,9-10,15H,5-8,11-12H2,2H3,(H2,22,23,28)/t15-/m0/s1. The van der Waals surface area contributed by atoms with E-state index in [9.17, 15) is 9.18 Å². The first kappa shape index (κ1) is 19.9. The molecule has 148 valence electrons. The number of thiocarbonyl (C=S) groups is 1. The van der Waals surface area contributed by atoms with Crippen LogP contribution in [0, 0.1) is 12.4 Å². The van der Waals surface area contributed by atoms with Gasteiger partial charge in [0.25, 0.3) is 0 Å². The Morgan fingerprint density at radius 1 is 1.46 bits per heavy atom. The SMILES string of the molecule is [C-]#[N+]C=C1CCN(c2ccc(N3C[C@H](CNC(=S)NC)OC3=O)cc2F)CC1. The third-order valence-electron chi connectivity index (χ3n) is 4.83. The van der Waals surface area contributed by atoms with E-state index >= 15 is 0 Å². The van der Waals surface area contributed by atoms with Crippen LogP contribution in [0.25, 0.3) is 4.85 Å². The van der Waals surface area contributed by atoms with Gasteiger partial charge in [-0.2, -0.15) is 0 Å². The summed E-state index contributed by atoms with van der Waals surface area (Å²) in [5.74, 6) is -0.374. The molecule has 0 bridgehead atoms. The van der Waals surface area contributed by atoms with E-state index in [0.717, 1.165) is 18.4 Å². The minimum Gasteiger partial charge on any atom is -0.442 e. The van der Waals surface area contributed by atoms with E-state index in [1.54, 1.807) is 25.4 Å². The van der Waals surface area contributed by atoms with Gasteiger partial charge in [0.05, 0.1) is 31.0 Å². The molecule has 0 aliphatic carbocycles. The van der Waals surface area contributed by atoms with Crippen LogP contribution in [0.3, 0.4) is 0 Å². The normalized spacial score (nSPS) is 19.1. The van der Waals surface area contributed by atoms with Gasteiger partial charge >= 0.3 is 6.09 Å². The molecule has 2 saturated heterocycles. The van der Waals surface area contributed by atoms with Crippen LogP contribution in [0.2, 0.25) is 0 Å². The number of nitrogens with zero attached hydrogens (tertiary/aromatic N) is 3. The van der Waals surface area contributed by atoms with Crippen molar-refractivity contribution in [2.75, 3.05) is 43.0 Å². The van der Waals surface area contributed by atoms with Crippen LogP contribution in [0.15, 0.2) is 30.0 Å². The van der Waals surface area contributed by atoms with Gasteiger partial charge in [-0.3, -0.25) is 4.90 Å². The molecule has 2 aliphatic heterocycles. The number of anilines is 2. The third-order valence-corrected chi connectivity index (χ3v) is 5.18. The molecule has 0 radical (unpaired) electrons. The molecule has 1 aromatic carbocycles. The van der Waals surface area contributed by atoms with Gasteiger partial charge in [0.2, 0.25) is 0 Å². The van der Waals surface area contributed by atoms with E-state index < -0.39 is 6.09 Å². The van der Waals surface area contributed by atoms with Crippen molar-refractivity contribution in [3.8, 4) is 0 Å². The fourth-order valence-corrected chi connectivity index (χ4v) is 3.39. The van der Waals surface area contributed by atoms with Crippen LogP contribution < -0.4 is 20.4 Å². The quantitative estimate of drug-likeness (QED) is 0.595. The number of amides is 1. The highest BCUT2D eigenvalue weighted by molar-refractivity contribution is 7.80. The zero-order valence-electron chi connectivity index (χ0n) is 15.6. The Balaban J connectivity index is 1.64. The highest BCUT2D eigenvalue weighted by Crippen LogP contribution is 2.30. The molecule has 0 aromatic heterocycles. The largest absolute Gasteiger partial charge is 0.442 e. The number of ether oxygens (including phenoxy) is 1. The number of rotatable bonds is 4. The Morgan fingerprint density at radius 2 is 2.21 bits per heavy atom. The number of benzene rings is 1. The van der Waals surface area contributed by atoms with E-state index in [2.05, 4.69) is 15.5 Å². The first-order valence-electron chi connectivity index (χ1n) is 9.04. The average Bonchev–Trinajstić information content (AvgIpc) is 3.07. The number of carbonyl (C=O) groups excluding carboxylic acids is 1. The van der Waals surface area contributed by atoms with Gasteiger partial charge in [-0.15, -0.1) is 0 Å². The maximum atomic E-state index is 14.7. The Morgan fingerprint density at radius 3 is 2.86 bits per heavy atom. The maximum absolute atomic E-state index is 14.7. The van der Waals surface area contributed by atoms with Crippen molar-refractivity contribution >= 4 is 34.8 Å². The van der Waals surface area contributed by atoms with Crippen molar-refractivity contribution in [2.45, 2.75) is 18.9 Å². The minimum absolute atomic E-state index is 0.325. The van der Waals surface area contributed by atoms with E-state index in [1.807, 2.05) is 4.90 Å². The molecule has 2 N–H and O–H groups in total. The second-order valence-electron chi connectivity index (χ2n) is 6.62. The monoisotopic (exact) mass is 403 g/mol. The number of halogens is 1. The summed E-state index contributed by atoms with van der Waals surface area (Å²) in [4.78, 5) is 18.9. The molecular weight excluding hydrogens is 381 g/mol. The predicted molar refractivity (Wildman–Crippen MR) is 110 cm³/mol. The van der Waals surface area contributed by atoms with Crippen molar-refractivity contribution in [2.24, 2.45) is 0 Å². The minimum atomic E-state index is -0.499. The molecule has 0 spiro atoms. The van der Waals surface area contributed by atoms with Gasteiger partial charge in [-0.1, -0.05) is 5.57 Å². The lowest BCUT2D eigenvalue weighted by molar-refractivity contribution is 0.143. The maximum Gasteiger partial charge on any atom is 0.414 e. The van der Waals surface area contributed by atoms with Gasteiger partial charge < -0.3 is 20.3 Å². The lowest BCUT2D eigenvalue weighted by Gasteiger charge is -2.31. The van der Waals surface area contributed by atoms with Crippen LogP contribution >= 0.6 is 12.2 Å². The van der Waals surface area contributed by atoms with Crippen molar-refractivity contribution in [1.29, 1.82) is 0 Å².